The lowest BCUT2D eigenvalue weighted by Gasteiger charge is -2.31. The van der Waals surface area contributed by atoms with E-state index in [2.05, 4.69) is 16.3 Å². The lowest BCUT2D eigenvalue weighted by atomic mass is 10.1. The van der Waals surface area contributed by atoms with Crippen LogP contribution in [0.15, 0.2) is 42.5 Å². The Morgan fingerprint density at radius 3 is 2.67 bits per heavy atom. The summed E-state index contributed by atoms with van der Waals surface area (Å²) >= 11 is 0. The quantitative estimate of drug-likeness (QED) is 0.849. The molecule has 3 amide bonds. The first-order valence-electron chi connectivity index (χ1n) is 9.91. The number of carbonyl (C=O) groups excluding carboxylic acids is 2. The molecular weight excluding hydrogens is 385 g/mol. The largest absolute Gasteiger partial charge is 0.370 e. The second-order valence-electron chi connectivity index (χ2n) is 7.47. The molecule has 4 rings (SSSR count). The summed E-state index contributed by atoms with van der Waals surface area (Å²) in [5.74, 6) is -0.488. The molecule has 0 spiro atoms. The van der Waals surface area contributed by atoms with E-state index in [0.717, 1.165) is 18.7 Å². The Morgan fingerprint density at radius 2 is 1.90 bits per heavy atom. The van der Waals surface area contributed by atoms with Crippen molar-refractivity contribution in [3.63, 3.8) is 0 Å². The SMILES string of the molecule is N#Cc1ccc(N2CCCN(C(=O)CN3Cc4cc(F)ccc4NC3=O)CC2)cc1. The van der Waals surface area contributed by atoms with Crippen molar-refractivity contribution in [3.05, 3.63) is 59.4 Å². The van der Waals surface area contributed by atoms with Crippen LogP contribution in [0.1, 0.15) is 17.5 Å². The normalized spacial score (nSPS) is 16.4. The van der Waals surface area contributed by atoms with Gasteiger partial charge in [-0.15, -0.1) is 0 Å². The minimum absolute atomic E-state index is 0.0430. The molecule has 30 heavy (non-hydrogen) atoms. The van der Waals surface area contributed by atoms with E-state index in [1.165, 1.54) is 23.1 Å². The Labute approximate surface area is 174 Å². The molecule has 0 aliphatic carbocycles. The minimum Gasteiger partial charge on any atom is -0.370 e. The highest BCUT2D eigenvalue weighted by Gasteiger charge is 2.27. The van der Waals surface area contributed by atoms with Gasteiger partial charge < -0.3 is 20.0 Å². The smallest absolute Gasteiger partial charge is 0.322 e. The van der Waals surface area contributed by atoms with Crippen molar-refractivity contribution in [2.45, 2.75) is 13.0 Å². The Bertz CT molecular complexity index is 1000. The zero-order valence-corrected chi connectivity index (χ0v) is 16.5. The number of hydrogen-bond donors (Lipinski definition) is 1. The number of amides is 3. The number of nitrogens with one attached hydrogen (secondary N) is 1. The summed E-state index contributed by atoms with van der Waals surface area (Å²) in [5, 5.41) is 11.7. The van der Waals surface area contributed by atoms with E-state index in [9.17, 15) is 14.0 Å². The number of nitrogens with zero attached hydrogens (tertiary/aromatic N) is 4. The van der Waals surface area contributed by atoms with E-state index in [-0.39, 0.29) is 30.8 Å². The van der Waals surface area contributed by atoms with Crippen LogP contribution in [0, 0.1) is 17.1 Å². The molecule has 0 bridgehead atoms. The Balaban J connectivity index is 1.37. The topological polar surface area (TPSA) is 79.7 Å². The van der Waals surface area contributed by atoms with Gasteiger partial charge in [0.15, 0.2) is 0 Å². The summed E-state index contributed by atoms with van der Waals surface area (Å²) < 4.78 is 13.5. The average molecular weight is 407 g/mol. The van der Waals surface area contributed by atoms with Gasteiger partial charge in [-0.2, -0.15) is 5.26 Å². The Hall–Kier alpha value is -3.60. The van der Waals surface area contributed by atoms with Gasteiger partial charge >= 0.3 is 6.03 Å². The third-order valence-corrected chi connectivity index (χ3v) is 5.49. The van der Waals surface area contributed by atoms with Crippen LogP contribution >= 0.6 is 0 Å². The van der Waals surface area contributed by atoms with Crippen molar-refractivity contribution < 1.29 is 14.0 Å². The molecule has 0 aromatic heterocycles. The lowest BCUT2D eigenvalue weighted by Crippen LogP contribution is -2.46. The second-order valence-corrected chi connectivity index (χ2v) is 7.47. The maximum absolute atomic E-state index is 13.5. The van der Waals surface area contributed by atoms with Gasteiger partial charge in [0.25, 0.3) is 0 Å². The molecule has 2 aromatic carbocycles. The summed E-state index contributed by atoms with van der Waals surface area (Å²) in [5.41, 5.74) is 2.88. The van der Waals surface area contributed by atoms with Crippen LogP contribution < -0.4 is 10.2 Å². The van der Waals surface area contributed by atoms with E-state index in [1.807, 2.05) is 12.1 Å². The second kappa shape index (κ2) is 8.41. The number of carbonyl (C=O) groups is 2. The number of benzene rings is 2. The number of fused-ring (bicyclic) bond motifs is 1. The summed E-state index contributed by atoms with van der Waals surface area (Å²) in [7, 11) is 0. The zero-order chi connectivity index (χ0) is 21.1. The first-order chi connectivity index (χ1) is 14.5. The van der Waals surface area contributed by atoms with Crippen LogP contribution in [0.25, 0.3) is 0 Å². The van der Waals surface area contributed by atoms with E-state index < -0.39 is 0 Å². The maximum Gasteiger partial charge on any atom is 0.322 e. The van der Waals surface area contributed by atoms with Gasteiger partial charge in [-0.25, -0.2) is 9.18 Å². The van der Waals surface area contributed by atoms with Crippen LogP contribution in [0.4, 0.5) is 20.6 Å². The van der Waals surface area contributed by atoms with E-state index >= 15 is 0 Å². The monoisotopic (exact) mass is 407 g/mol. The van der Waals surface area contributed by atoms with Crippen LogP contribution in [0.5, 0.6) is 0 Å². The van der Waals surface area contributed by atoms with Gasteiger partial charge in [0, 0.05) is 37.6 Å². The third-order valence-electron chi connectivity index (χ3n) is 5.49. The Kier molecular flexibility index (Phi) is 5.53. The average Bonchev–Trinajstić information content (AvgIpc) is 3.01. The molecule has 2 aliphatic rings. The fourth-order valence-corrected chi connectivity index (χ4v) is 3.85. The van der Waals surface area contributed by atoms with Crippen LogP contribution in [0.3, 0.4) is 0 Å². The first-order valence-corrected chi connectivity index (χ1v) is 9.91. The third kappa shape index (κ3) is 4.20. The van der Waals surface area contributed by atoms with Crippen LogP contribution in [-0.2, 0) is 11.3 Å². The number of nitriles is 1. The molecule has 7 nitrogen and oxygen atoms in total. The number of hydrogen-bond acceptors (Lipinski definition) is 4. The van der Waals surface area contributed by atoms with Gasteiger partial charge in [0.2, 0.25) is 5.91 Å². The van der Waals surface area contributed by atoms with Gasteiger partial charge in [0.1, 0.15) is 12.4 Å². The van der Waals surface area contributed by atoms with Gasteiger partial charge in [-0.3, -0.25) is 4.79 Å². The van der Waals surface area contributed by atoms with Crippen molar-refractivity contribution >= 4 is 23.3 Å². The molecule has 1 N–H and O–H groups in total. The fraction of sp³-hybridized carbons (Fsp3) is 0.318. The number of anilines is 2. The lowest BCUT2D eigenvalue weighted by molar-refractivity contribution is -0.131. The molecule has 2 heterocycles. The summed E-state index contributed by atoms with van der Waals surface area (Å²) in [6, 6.07) is 13.4. The number of urea groups is 1. The van der Waals surface area contributed by atoms with Crippen molar-refractivity contribution in [1.29, 1.82) is 5.26 Å². The van der Waals surface area contributed by atoms with E-state index in [1.54, 1.807) is 17.0 Å². The summed E-state index contributed by atoms with van der Waals surface area (Å²) in [6.07, 6.45) is 0.811. The van der Waals surface area contributed by atoms with E-state index in [4.69, 9.17) is 5.26 Å². The first kappa shape index (κ1) is 19.7. The van der Waals surface area contributed by atoms with Crippen molar-refractivity contribution in [1.82, 2.24) is 9.80 Å². The predicted molar refractivity (Wildman–Crippen MR) is 110 cm³/mol. The molecular formula is C22H22FN5O2. The fourth-order valence-electron chi connectivity index (χ4n) is 3.85. The molecule has 2 aliphatic heterocycles. The molecule has 1 saturated heterocycles. The minimum atomic E-state index is -0.369. The van der Waals surface area contributed by atoms with Crippen LogP contribution in [0.2, 0.25) is 0 Å². The molecule has 2 aromatic rings. The molecule has 8 heteroatoms. The zero-order valence-electron chi connectivity index (χ0n) is 16.5. The molecule has 0 atom stereocenters. The van der Waals surface area contributed by atoms with Crippen molar-refractivity contribution in [3.8, 4) is 6.07 Å². The molecule has 0 unspecified atom stereocenters. The molecule has 0 radical (unpaired) electrons. The van der Waals surface area contributed by atoms with Crippen molar-refractivity contribution in [2.24, 2.45) is 0 Å². The molecule has 1 fully saturated rings. The predicted octanol–water partition coefficient (Wildman–Crippen LogP) is 2.78. The Morgan fingerprint density at radius 1 is 1.10 bits per heavy atom. The van der Waals surface area contributed by atoms with Gasteiger partial charge in [-0.1, -0.05) is 0 Å². The summed E-state index contributed by atoms with van der Waals surface area (Å²) in [6.45, 7) is 2.82. The highest BCUT2D eigenvalue weighted by molar-refractivity contribution is 5.94. The number of halogens is 1. The number of rotatable bonds is 3. The molecule has 154 valence electrons. The highest BCUT2D eigenvalue weighted by atomic mass is 19.1. The van der Waals surface area contributed by atoms with Gasteiger partial charge in [0.05, 0.1) is 18.2 Å². The highest BCUT2D eigenvalue weighted by Crippen LogP contribution is 2.24. The van der Waals surface area contributed by atoms with Crippen molar-refractivity contribution in [2.75, 3.05) is 42.9 Å². The van der Waals surface area contributed by atoms with Crippen LogP contribution in [-0.4, -0.2) is 54.5 Å². The standard InChI is InChI=1S/C22H22FN5O2/c23-18-4-7-20-17(12-18)14-28(22(30)25-20)15-21(29)27-9-1-8-26(10-11-27)19-5-2-16(13-24)3-6-19/h2-7,12H,1,8-11,14-15H2,(H,25,30). The summed E-state index contributed by atoms with van der Waals surface area (Å²) in [4.78, 5) is 30.6. The molecule has 0 saturated carbocycles. The van der Waals surface area contributed by atoms with Gasteiger partial charge in [-0.05, 0) is 54.4 Å². The van der Waals surface area contributed by atoms with E-state index in [0.29, 0.717) is 36.4 Å². The maximum atomic E-state index is 13.5.